The molecule has 2 aromatic carbocycles. The molecular weight excluding hydrogens is 262 g/mol. The molecule has 0 unspecified atom stereocenters. The normalized spacial score (nSPS) is 10.2. The molecule has 0 aromatic heterocycles. The highest BCUT2D eigenvalue weighted by Crippen LogP contribution is 2.25. The van der Waals surface area contributed by atoms with Gasteiger partial charge in [-0.25, -0.2) is 0 Å². The number of hydrogen-bond acceptors (Lipinski definition) is 3. The predicted molar refractivity (Wildman–Crippen MR) is 87.4 cm³/mol. The van der Waals surface area contributed by atoms with Crippen molar-refractivity contribution in [3.63, 3.8) is 0 Å². The fraction of sp³-hybridized carbons (Fsp3) is 0.235. The molecule has 0 radical (unpaired) electrons. The molecule has 4 heteroatoms. The summed E-state index contributed by atoms with van der Waals surface area (Å²) in [6, 6.07) is 15.5. The predicted octanol–water partition coefficient (Wildman–Crippen LogP) is 2.61. The van der Waals surface area contributed by atoms with E-state index in [0.717, 1.165) is 12.2 Å². The first kappa shape index (κ1) is 14.9. The molecule has 2 rings (SSSR count). The average molecular weight is 283 g/mol. The van der Waals surface area contributed by atoms with Crippen LogP contribution in [-0.4, -0.2) is 32.0 Å². The van der Waals surface area contributed by atoms with Crippen molar-refractivity contribution in [1.82, 2.24) is 4.90 Å². The van der Waals surface area contributed by atoms with Crippen molar-refractivity contribution in [2.45, 2.75) is 6.54 Å². The van der Waals surface area contributed by atoms with E-state index in [2.05, 4.69) is 12.1 Å². The quantitative estimate of drug-likeness (QED) is 0.878. The van der Waals surface area contributed by atoms with Crippen LogP contribution in [0.25, 0.3) is 0 Å². The van der Waals surface area contributed by atoms with Gasteiger partial charge in [-0.3, -0.25) is 4.79 Å². The SMILES string of the molecule is CN(C)C(=O)c1ccc(N)cc1N(C)Cc1ccccc1. The van der Waals surface area contributed by atoms with E-state index >= 15 is 0 Å². The van der Waals surface area contributed by atoms with E-state index in [1.807, 2.05) is 36.2 Å². The van der Waals surface area contributed by atoms with Crippen molar-refractivity contribution >= 4 is 17.3 Å². The van der Waals surface area contributed by atoms with E-state index in [-0.39, 0.29) is 5.91 Å². The fourth-order valence-corrected chi connectivity index (χ4v) is 2.23. The van der Waals surface area contributed by atoms with Crippen LogP contribution in [0.2, 0.25) is 0 Å². The van der Waals surface area contributed by atoms with E-state index in [1.165, 1.54) is 5.56 Å². The Morgan fingerprint density at radius 3 is 2.33 bits per heavy atom. The van der Waals surface area contributed by atoms with Gasteiger partial charge in [0.25, 0.3) is 5.91 Å². The molecule has 2 N–H and O–H groups in total. The molecule has 0 atom stereocenters. The number of carbonyl (C=O) groups excluding carboxylic acids is 1. The second-order valence-corrected chi connectivity index (χ2v) is 5.32. The van der Waals surface area contributed by atoms with Crippen LogP contribution in [0.15, 0.2) is 48.5 Å². The topological polar surface area (TPSA) is 49.6 Å². The van der Waals surface area contributed by atoms with Crippen LogP contribution in [0, 0.1) is 0 Å². The van der Waals surface area contributed by atoms with E-state index in [1.54, 1.807) is 31.1 Å². The minimum atomic E-state index is -0.0232. The monoisotopic (exact) mass is 283 g/mol. The number of anilines is 2. The van der Waals surface area contributed by atoms with Gasteiger partial charge < -0.3 is 15.5 Å². The first-order valence-corrected chi connectivity index (χ1v) is 6.85. The second kappa shape index (κ2) is 6.31. The summed E-state index contributed by atoms with van der Waals surface area (Å²) in [7, 11) is 5.47. The Morgan fingerprint density at radius 1 is 1.05 bits per heavy atom. The van der Waals surface area contributed by atoms with Gasteiger partial charge in [0.2, 0.25) is 0 Å². The number of amides is 1. The zero-order valence-electron chi connectivity index (χ0n) is 12.7. The summed E-state index contributed by atoms with van der Waals surface area (Å²) in [5.74, 6) is -0.0232. The van der Waals surface area contributed by atoms with Gasteiger partial charge in [0.05, 0.1) is 11.3 Å². The Kier molecular flexibility index (Phi) is 4.48. The third-order valence-corrected chi connectivity index (χ3v) is 3.33. The lowest BCUT2D eigenvalue weighted by Crippen LogP contribution is -2.26. The molecule has 0 fully saturated rings. The summed E-state index contributed by atoms with van der Waals surface area (Å²) in [6.07, 6.45) is 0. The van der Waals surface area contributed by atoms with Gasteiger partial charge >= 0.3 is 0 Å². The standard InChI is InChI=1S/C17H21N3O/c1-19(2)17(21)15-10-9-14(18)11-16(15)20(3)12-13-7-5-4-6-8-13/h4-11H,12,18H2,1-3H3. The molecule has 0 aliphatic carbocycles. The third kappa shape index (κ3) is 3.54. The lowest BCUT2D eigenvalue weighted by atomic mass is 10.1. The number of carbonyl (C=O) groups is 1. The average Bonchev–Trinajstić information content (AvgIpc) is 2.47. The Hall–Kier alpha value is -2.49. The Bertz CT molecular complexity index is 623. The zero-order chi connectivity index (χ0) is 15.4. The molecule has 0 saturated heterocycles. The molecule has 2 aromatic rings. The maximum atomic E-state index is 12.3. The van der Waals surface area contributed by atoms with Crippen LogP contribution in [0.3, 0.4) is 0 Å². The van der Waals surface area contributed by atoms with Crippen molar-refractivity contribution in [2.75, 3.05) is 31.8 Å². The number of hydrogen-bond donors (Lipinski definition) is 1. The number of benzene rings is 2. The summed E-state index contributed by atoms with van der Waals surface area (Å²) in [5.41, 5.74) is 9.23. The summed E-state index contributed by atoms with van der Waals surface area (Å²) >= 11 is 0. The molecule has 0 saturated carbocycles. The largest absolute Gasteiger partial charge is 0.399 e. The van der Waals surface area contributed by atoms with Crippen LogP contribution >= 0.6 is 0 Å². The molecule has 21 heavy (non-hydrogen) atoms. The maximum absolute atomic E-state index is 12.3. The van der Waals surface area contributed by atoms with E-state index in [4.69, 9.17) is 5.73 Å². The first-order chi connectivity index (χ1) is 9.99. The lowest BCUT2D eigenvalue weighted by Gasteiger charge is -2.24. The van der Waals surface area contributed by atoms with Gasteiger partial charge in [-0.1, -0.05) is 30.3 Å². The fourth-order valence-electron chi connectivity index (χ4n) is 2.23. The Balaban J connectivity index is 2.33. The van der Waals surface area contributed by atoms with Crippen LogP contribution in [0.5, 0.6) is 0 Å². The van der Waals surface area contributed by atoms with Gasteiger partial charge in [0.1, 0.15) is 0 Å². The zero-order valence-corrected chi connectivity index (χ0v) is 12.7. The van der Waals surface area contributed by atoms with Crippen LogP contribution in [0.1, 0.15) is 15.9 Å². The van der Waals surface area contributed by atoms with E-state index < -0.39 is 0 Å². The van der Waals surface area contributed by atoms with Gasteiger partial charge in [-0.15, -0.1) is 0 Å². The Morgan fingerprint density at radius 2 is 1.71 bits per heavy atom. The van der Waals surface area contributed by atoms with E-state index in [9.17, 15) is 4.79 Å². The first-order valence-electron chi connectivity index (χ1n) is 6.85. The summed E-state index contributed by atoms with van der Waals surface area (Å²) in [5, 5.41) is 0. The molecule has 4 nitrogen and oxygen atoms in total. The van der Waals surface area contributed by atoms with Crippen molar-refractivity contribution < 1.29 is 4.79 Å². The minimum Gasteiger partial charge on any atom is -0.399 e. The number of nitrogens with zero attached hydrogens (tertiary/aromatic N) is 2. The maximum Gasteiger partial charge on any atom is 0.255 e. The molecular formula is C17H21N3O. The highest BCUT2D eigenvalue weighted by atomic mass is 16.2. The number of rotatable bonds is 4. The van der Waals surface area contributed by atoms with Gasteiger partial charge in [-0.2, -0.15) is 0 Å². The third-order valence-electron chi connectivity index (χ3n) is 3.33. The second-order valence-electron chi connectivity index (χ2n) is 5.32. The van der Waals surface area contributed by atoms with Crippen molar-refractivity contribution in [1.29, 1.82) is 0 Å². The number of nitrogen functional groups attached to an aromatic ring is 1. The molecule has 1 amide bonds. The number of nitrogens with two attached hydrogens (primary N) is 1. The molecule has 0 aliphatic rings. The summed E-state index contributed by atoms with van der Waals surface area (Å²) in [6.45, 7) is 0.720. The molecule has 0 heterocycles. The summed E-state index contributed by atoms with van der Waals surface area (Å²) < 4.78 is 0. The van der Waals surface area contributed by atoms with E-state index in [0.29, 0.717) is 11.3 Å². The van der Waals surface area contributed by atoms with Gasteiger partial charge in [0.15, 0.2) is 0 Å². The van der Waals surface area contributed by atoms with Crippen molar-refractivity contribution in [3.05, 3.63) is 59.7 Å². The van der Waals surface area contributed by atoms with Crippen LogP contribution in [-0.2, 0) is 6.54 Å². The Labute approximate surface area is 125 Å². The molecule has 0 bridgehead atoms. The van der Waals surface area contributed by atoms with Gasteiger partial charge in [0, 0.05) is 33.4 Å². The summed E-state index contributed by atoms with van der Waals surface area (Å²) in [4.78, 5) is 15.9. The molecule has 0 aliphatic heterocycles. The lowest BCUT2D eigenvalue weighted by molar-refractivity contribution is 0.0828. The molecule has 0 spiro atoms. The minimum absolute atomic E-state index is 0.0232. The van der Waals surface area contributed by atoms with Crippen LogP contribution < -0.4 is 10.6 Å². The van der Waals surface area contributed by atoms with Gasteiger partial charge in [-0.05, 0) is 23.8 Å². The highest BCUT2D eigenvalue weighted by Gasteiger charge is 2.16. The van der Waals surface area contributed by atoms with Crippen molar-refractivity contribution in [2.24, 2.45) is 0 Å². The smallest absolute Gasteiger partial charge is 0.255 e. The van der Waals surface area contributed by atoms with Crippen LogP contribution in [0.4, 0.5) is 11.4 Å². The van der Waals surface area contributed by atoms with Crippen molar-refractivity contribution in [3.8, 4) is 0 Å². The highest BCUT2D eigenvalue weighted by molar-refractivity contribution is 6.00. The molecule has 110 valence electrons.